The van der Waals surface area contributed by atoms with Gasteiger partial charge in [0.15, 0.2) is 0 Å². The number of aromatic nitrogens is 1. The fourth-order valence-corrected chi connectivity index (χ4v) is 3.15. The molecule has 1 aliphatic rings. The van der Waals surface area contributed by atoms with Gasteiger partial charge in [0.25, 0.3) is 5.91 Å². The molecule has 0 saturated heterocycles. The van der Waals surface area contributed by atoms with Gasteiger partial charge in [-0.05, 0) is 31.0 Å². The van der Waals surface area contributed by atoms with Crippen LogP contribution in [0.15, 0.2) is 53.9 Å². The van der Waals surface area contributed by atoms with Crippen LogP contribution in [0.25, 0.3) is 0 Å². The normalized spacial score (nSPS) is 14.3. The number of anilines is 1. The number of hydrazone groups is 1. The maximum atomic E-state index is 12.6. The van der Waals surface area contributed by atoms with Crippen LogP contribution in [-0.2, 0) is 9.59 Å². The number of hydrogen-bond donors (Lipinski definition) is 3. The molecule has 1 heterocycles. The van der Waals surface area contributed by atoms with Crippen molar-refractivity contribution < 1.29 is 14.4 Å². The molecule has 1 saturated carbocycles. The summed E-state index contributed by atoms with van der Waals surface area (Å²) in [6, 6.07) is 10.2. The Morgan fingerprint density at radius 2 is 1.79 bits per heavy atom. The van der Waals surface area contributed by atoms with Gasteiger partial charge in [0.05, 0.1) is 17.5 Å². The van der Waals surface area contributed by atoms with Gasteiger partial charge in [-0.15, -0.1) is 0 Å². The monoisotopic (exact) mass is 393 g/mol. The number of rotatable bonds is 5. The van der Waals surface area contributed by atoms with Gasteiger partial charge in [0.2, 0.25) is 0 Å². The molecule has 150 valence electrons. The number of nitrogens with zero attached hydrogens (tertiary/aromatic N) is 2. The summed E-state index contributed by atoms with van der Waals surface area (Å²) in [7, 11) is 0. The molecule has 29 heavy (non-hydrogen) atoms. The van der Waals surface area contributed by atoms with E-state index in [9.17, 15) is 14.4 Å². The summed E-state index contributed by atoms with van der Waals surface area (Å²) in [4.78, 5) is 40.7. The Kier molecular flexibility index (Phi) is 7.05. The Bertz CT molecular complexity index is 892. The van der Waals surface area contributed by atoms with Crippen molar-refractivity contribution in [1.82, 2.24) is 15.7 Å². The molecule has 3 rings (SSSR count). The first kappa shape index (κ1) is 20.2. The van der Waals surface area contributed by atoms with Crippen molar-refractivity contribution in [2.45, 2.75) is 38.1 Å². The van der Waals surface area contributed by atoms with E-state index < -0.39 is 11.8 Å². The lowest BCUT2D eigenvalue weighted by Crippen LogP contribution is -2.37. The molecule has 0 unspecified atom stereocenters. The van der Waals surface area contributed by atoms with E-state index in [1.54, 1.807) is 48.8 Å². The number of carbonyl (C=O) groups excluding carboxylic acids is 3. The number of hydrogen-bond acceptors (Lipinski definition) is 5. The van der Waals surface area contributed by atoms with Gasteiger partial charge in [-0.25, -0.2) is 5.43 Å². The Morgan fingerprint density at radius 1 is 1.00 bits per heavy atom. The topological polar surface area (TPSA) is 113 Å². The van der Waals surface area contributed by atoms with E-state index >= 15 is 0 Å². The van der Waals surface area contributed by atoms with Gasteiger partial charge in [-0.1, -0.05) is 37.5 Å². The van der Waals surface area contributed by atoms with E-state index in [2.05, 4.69) is 26.1 Å². The van der Waals surface area contributed by atoms with E-state index in [0.29, 0.717) is 11.1 Å². The highest BCUT2D eigenvalue weighted by Gasteiger charge is 2.20. The molecule has 1 fully saturated rings. The molecule has 2 aromatic rings. The maximum Gasteiger partial charge on any atom is 0.329 e. The third-order valence-electron chi connectivity index (χ3n) is 4.63. The summed E-state index contributed by atoms with van der Waals surface area (Å²) < 4.78 is 0. The van der Waals surface area contributed by atoms with Gasteiger partial charge in [-0.2, -0.15) is 5.10 Å². The zero-order chi connectivity index (χ0) is 20.5. The van der Waals surface area contributed by atoms with Crippen molar-refractivity contribution in [3.8, 4) is 0 Å². The highest BCUT2D eigenvalue weighted by atomic mass is 16.2. The van der Waals surface area contributed by atoms with Crippen LogP contribution in [-0.4, -0.2) is 35.0 Å². The minimum Gasteiger partial charge on any atom is -0.349 e. The van der Waals surface area contributed by atoms with Crippen LogP contribution < -0.4 is 16.1 Å². The number of para-hydroxylation sites is 1. The number of benzene rings is 1. The molecule has 8 nitrogen and oxygen atoms in total. The molecular formula is C21H23N5O3. The average Bonchev–Trinajstić information content (AvgIpc) is 2.75. The van der Waals surface area contributed by atoms with Crippen LogP contribution in [0.2, 0.25) is 0 Å². The summed E-state index contributed by atoms with van der Waals surface area (Å²) >= 11 is 0. The first-order chi connectivity index (χ1) is 14.1. The fourth-order valence-electron chi connectivity index (χ4n) is 3.15. The lowest BCUT2D eigenvalue weighted by molar-refractivity contribution is -0.136. The van der Waals surface area contributed by atoms with Crippen LogP contribution in [0.4, 0.5) is 5.69 Å². The predicted octanol–water partition coefficient (Wildman–Crippen LogP) is 2.23. The Morgan fingerprint density at radius 3 is 2.55 bits per heavy atom. The second-order valence-electron chi connectivity index (χ2n) is 6.79. The second kappa shape index (κ2) is 10.1. The molecule has 1 aromatic heterocycles. The van der Waals surface area contributed by atoms with Gasteiger partial charge >= 0.3 is 11.8 Å². The molecule has 1 aliphatic carbocycles. The summed E-state index contributed by atoms with van der Waals surface area (Å²) in [5.41, 5.74) is 3.43. The fraction of sp³-hybridized carbons (Fsp3) is 0.286. The van der Waals surface area contributed by atoms with E-state index in [4.69, 9.17) is 0 Å². The van der Waals surface area contributed by atoms with Gasteiger partial charge in [0, 0.05) is 24.0 Å². The van der Waals surface area contributed by atoms with Gasteiger partial charge in [-0.3, -0.25) is 19.4 Å². The van der Waals surface area contributed by atoms with E-state index in [-0.39, 0.29) is 17.6 Å². The maximum absolute atomic E-state index is 12.6. The Balaban J connectivity index is 1.59. The minimum absolute atomic E-state index is 0.144. The number of nitrogens with one attached hydrogen (secondary N) is 3. The highest BCUT2D eigenvalue weighted by molar-refractivity contribution is 6.40. The van der Waals surface area contributed by atoms with Crippen LogP contribution in [0.5, 0.6) is 0 Å². The van der Waals surface area contributed by atoms with Crippen molar-refractivity contribution in [1.29, 1.82) is 0 Å². The van der Waals surface area contributed by atoms with Crippen LogP contribution >= 0.6 is 0 Å². The SMILES string of the molecule is O=C(N/N=C/c1cccnc1)C(=O)Nc1ccccc1C(=O)NC1CCCCC1. The largest absolute Gasteiger partial charge is 0.349 e. The third-order valence-corrected chi connectivity index (χ3v) is 4.63. The van der Waals surface area contributed by atoms with Crippen molar-refractivity contribution in [3.05, 3.63) is 59.9 Å². The Labute approximate surface area is 168 Å². The molecule has 3 N–H and O–H groups in total. The quantitative estimate of drug-likeness (QED) is 0.411. The first-order valence-corrected chi connectivity index (χ1v) is 9.58. The van der Waals surface area contributed by atoms with E-state index in [1.807, 2.05) is 0 Å². The number of pyridine rings is 1. The third kappa shape index (κ3) is 5.97. The highest BCUT2D eigenvalue weighted by Crippen LogP contribution is 2.20. The summed E-state index contributed by atoms with van der Waals surface area (Å²) in [6.07, 6.45) is 9.87. The first-order valence-electron chi connectivity index (χ1n) is 9.58. The van der Waals surface area contributed by atoms with Crippen molar-refractivity contribution in [3.63, 3.8) is 0 Å². The smallest absolute Gasteiger partial charge is 0.329 e. The molecule has 0 radical (unpaired) electrons. The lowest BCUT2D eigenvalue weighted by Gasteiger charge is -2.23. The molecule has 0 aliphatic heterocycles. The molecule has 0 atom stereocenters. The lowest BCUT2D eigenvalue weighted by atomic mass is 9.95. The Hall–Kier alpha value is -3.55. The summed E-state index contributed by atoms with van der Waals surface area (Å²) in [6.45, 7) is 0. The molecule has 0 bridgehead atoms. The van der Waals surface area contributed by atoms with Crippen molar-refractivity contribution in [2.24, 2.45) is 5.10 Å². The zero-order valence-corrected chi connectivity index (χ0v) is 15.9. The predicted molar refractivity (Wildman–Crippen MR) is 109 cm³/mol. The molecular weight excluding hydrogens is 370 g/mol. The zero-order valence-electron chi connectivity index (χ0n) is 15.9. The molecule has 1 aromatic carbocycles. The second-order valence-corrected chi connectivity index (χ2v) is 6.79. The van der Waals surface area contributed by atoms with E-state index in [1.165, 1.54) is 12.6 Å². The van der Waals surface area contributed by atoms with E-state index in [0.717, 1.165) is 25.7 Å². The minimum atomic E-state index is -0.937. The van der Waals surface area contributed by atoms with Gasteiger partial charge < -0.3 is 10.6 Å². The van der Waals surface area contributed by atoms with Crippen LogP contribution in [0.1, 0.15) is 48.0 Å². The van der Waals surface area contributed by atoms with Crippen LogP contribution in [0, 0.1) is 0 Å². The molecule has 8 heteroatoms. The molecule has 0 spiro atoms. The standard InChI is InChI=1S/C21H23N5O3/c27-19(24-16-8-2-1-3-9-16)17-10-4-5-11-18(17)25-20(28)21(29)26-23-14-15-7-6-12-22-13-15/h4-7,10-14,16H,1-3,8-9H2,(H,24,27)(H,25,28)(H,26,29)/b23-14+. The summed E-state index contributed by atoms with van der Waals surface area (Å²) in [5, 5.41) is 9.22. The number of carbonyl (C=O) groups is 3. The number of amides is 3. The van der Waals surface area contributed by atoms with Crippen LogP contribution in [0.3, 0.4) is 0 Å². The molecule has 3 amide bonds. The van der Waals surface area contributed by atoms with Crippen molar-refractivity contribution in [2.75, 3.05) is 5.32 Å². The van der Waals surface area contributed by atoms with Gasteiger partial charge in [0.1, 0.15) is 0 Å². The average molecular weight is 393 g/mol. The van der Waals surface area contributed by atoms with Crippen molar-refractivity contribution >= 4 is 29.6 Å². The summed E-state index contributed by atoms with van der Waals surface area (Å²) in [5.74, 6) is -2.11.